The van der Waals surface area contributed by atoms with E-state index < -0.39 is 9.05 Å². The van der Waals surface area contributed by atoms with Crippen LogP contribution in [0.5, 0.6) is 0 Å². The SMILES string of the molecule is CCc1c(C#N)cc(I)cc1S(=O)(=O)Cl. The van der Waals surface area contributed by atoms with Crippen LogP contribution in [0.15, 0.2) is 17.0 Å². The smallest absolute Gasteiger partial charge is 0.207 e. The summed E-state index contributed by atoms with van der Waals surface area (Å²) in [4.78, 5) is 0.0371. The molecule has 0 aromatic heterocycles. The molecular formula is C9H7ClINO2S. The fourth-order valence-corrected chi connectivity index (χ4v) is 3.36. The average Bonchev–Trinajstić information content (AvgIpc) is 2.15. The van der Waals surface area contributed by atoms with Gasteiger partial charge in [0.15, 0.2) is 0 Å². The fraction of sp³-hybridized carbons (Fsp3) is 0.222. The van der Waals surface area contributed by atoms with Gasteiger partial charge < -0.3 is 0 Å². The largest absolute Gasteiger partial charge is 0.261 e. The molecule has 0 heterocycles. The van der Waals surface area contributed by atoms with Gasteiger partial charge in [-0.05, 0) is 46.7 Å². The highest BCUT2D eigenvalue weighted by Gasteiger charge is 2.18. The van der Waals surface area contributed by atoms with E-state index in [4.69, 9.17) is 15.9 Å². The zero-order valence-corrected chi connectivity index (χ0v) is 11.5. The third kappa shape index (κ3) is 2.83. The Balaban J connectivity index is 3.66. The number of rotatable bonds is 2. The minimum absolute atomic E-state index is 0.0371. The van der Waals surface area contributed by atoms with E-state index in [1.807, 2.05) is 28.7 Å². The number of benzene rings is 1. The molecule has 0 bridgehead atoms. The molecule has 0 aliphatic carbocycles. The first-order valence-corrected chi connectivity index (χ1v) is 7.46. The van der Waals surface area contributed by atoms with E-state index in [1.165, 1.54) is 6.07 Å². The summed E-state index contributed by atoms with van der Waals surface area (Å²) < 4.78 is 23.3. The molecule has 0 radical (unpaired) electrons. The summed E-state index contributed by atoms with van der Waals surface area (Å²) in [7, 11) is 1.52. The van der Waals surface area contributed by atoms with Gasteiger partial charge in [0.25, 0.3) is 9.05 Å². The molecule has 0 spiro atoms. The van der Waals surface area contributed by atoms with Crippen molar-refractivity contribution in [1.29, 1.82) is 5.26 Å². The van der Waals surface area contributed by atoms with E-state index in [0.29, 0.717) is 21.1 Å². The van der Waals surface area contributed by atoms with Crippen molar-refractivity contribution in [2.24, 2.45) is 0 Å². The molecule has 0 unspecified atom stereocenters. The van der Waals surface area contributed by atoms with Gasteiger partial charge in [0.05, 0.1) is 16.5 Å². The van der Waals surface area contributed by atoms with E-state index in [2.05, 4.69) is 0 Å². The van der Waals surface area contributed by atoms with Crippen LogP contribution in [0.25, 0.3) is 0 Å². The van der Waals surface area contributed by atoms with E-state index in [0.717, 1.165) is 0 Å². The van der Waals surface area contributed by atoms with E-state index in [9.17, 15) is 8.42 Å². The molecule has 3 nitrogen and oxygen atoms in total. The van der Waals surface area contributed by atoms with E-state index in [1.54, 1.807) is 13.0 Å². The summed E-state index contributed by atoms with van der Waals surface area (Å²) in [5.74, 6) is 0. The Morgan fingerprint density at radius 2 is 2.13 bits per heavy atom. The second-order valence-electron chi connectivity index (χ2n) is 2.83. The lowest BCUT2D eigenvalue weighted by Crippen LogP contribution is -2.01. The molecule has 15 heavy (non-hydrogen) atoms. The van der Waals surface area contributed by atoms with Crippen LogP contribution >= 0.6 is 33.3 Å². The lowest BCUT2D eigenvalue weighted by Gasteiger charge is -2.07. The predicted octanol–water partition coefficient (Wildman–Crippen LogP) is 2.65. The monoisotopic (exact) mass is 355 g/mol. The second-order valence-corrected chi connectivity index (χ2v) is 6.61. The number of halogens is 2. The zero-order valence-electron chi connectivity index (χ0n) is 7.79. The molecule has 6 heteroatoms. The van der Waals surface area contributed by atoms with Crippen LogP contribution in [-0.2, 0) is 15.5 Å². The standard InChI is InChI=1S/C9H7ClINO2S/c1-2-8-6(5-12)3-7(11)4-9(8)15(10,13)14/h3-4H,2H2,1H3. The lowest BCUT2D eigenvalue weighted by atomic mass is 10.1. The van der Waals surface area contributed by atoms with E-state index >= 15 is 0 Å². The molecule has 0 saturated heterocycles. The molecule has 1 aromatic carbocycles. The van der Waals surface area contributed by atoms with Crippen molar-refractivity contribution in [2.75, 3.05) is 0 Å². The van der Waals surface area contributed by atoms with Gasteiger partial charge in [-0.3, -0.25) is 0 Å². The van der Waals surface area contributed by atoms with Gasteiger partial charge in [-0.15, -0.1) is 0 Å². The summed E-state index contributed by atoms with van der Waals surface area (Å²) in [6.07, 6.45) is 0.459. The van der Waals surface area contributed by atoms with Crippen LogP contribution in [0.3, 0.4) is 0 Å². The van der Waals surface area contributed by atoms with Crippen LogP contribution in [0.2, 0.25) is 0 Å². The van der Waals surface area contributed by atoms with Crippen LogP contribution in [0.4, 0.5) is 0 Å². The Kier molecular flexibility index (Phi) is 3.98. The maximum atomic E-state index is 11.3. The highest BCUT2D eigenvalue weighted by molar-refractivity contribution is 14.1. The molecular weight excluding hydrogens is 349 g/mol. The molecule has 0 aliphatic heterocycles. The van der Waals surface area contributed by atoms with Gasteiger partial charge in [0, 0.05) is 14.3 Å². The molecule has 0 aliphatic rings. The Labute approximate surface area is 107 Å². The Hall–Kier alpha value is -0.320. The molecule has 0 amide bonds. The Morgan fingerprint density at radius 1 is 1.53 bits per heavy atom. The van der Waals surface area contributed by atoms with Crippen molar-refractivity contribution in [2.45, 2.75) is 18.2 Å². The third-order valence-electron chi connectivity index (χ3n) is 1.91. The van der Waals surface area contributed by atoms with Crippen LogP contribution < -0.4 is 0 Å². The Morgan fingerprint density at radius 3 is 2.53 bits per heavy atom. The van der Waals surface area contributed by atoms with Crippen molar-refractivity contribution in [3.8, 4) is 6.07 Å². The molecule has 0 N–H and O–H groups in total. The predicted molar refractivity (Wildman–Crippen MR) is 66.3 cm³/mol. The quantitative estimate of drug-likeness (QED) is 0.605. The molecule has 1 aromatic rings. The van der Waals surface area contributed by atoms with Gasteiger partial charge in [-0.1, -0.05) is 6.92 Å². The summed E-state index contributed by atoms with van der Waals surface area (Å²) in [5.41, 5.74) is 0.844. The number of hydrogen-bond acceptors (Lipinski definition) is 3. The maximum absolute atomic E-state index is 11.3. The molecule has 0 atom stereocenters. The van der Waals surface area contributed by atoms with Crippen molar-refractivity contribution >= 4 is 42.3 Å². The van der Waals surface area contributed by atoms with Gasteiger partial charge in [-0.25, -0.2) is 8.42 Å². The fourth-order valence-electron chi connectivity index (χ4n) is 1.29. The summed E-state index contributed by atoms with van der Waals surface area (Å²) >= 11 is 1.95. The Bertz CT molecular complexity index is 534. The molecule has 0 fully saturated rings. The number of hydrogen-bond donors (Lipinski definition) is 0. The van der Waals surface area contributed by atoms with Gasteiger partial charge >= 0.3 is 0 Å². The summed E-state index contributed by atoms with van der Waals surface area (Å²) in [6, 6.07) is 5.09. The summed E-state index contributed by atoms with van der Waals surface area (Å²) in [5, 5.41) is 8.87. The first-order valence-electron chi connectivity index (χ1n) is 4.07. The van der Waals surface area contributed by atoms with Gasteiger partial charge in [0.1, 0.15) is 0 Å². The van der Waals surface area contributed by atoms with Crippen molar-refractivity contribution < 1.29 is 8.42 Å². The number of nitrogens with zero attached hydrogens (tertiary/aromatic N) is 1. The van der Waals surface area contributed by atoms with Crippen LogP contribution in [0.1, 0.15) is 18.1 Å². The zero-order chi connectivity index (χ0) is 11.6. The highest BCUT2D eigenvalue weighted by atomic mass is 127. The van der Waals surface area contributed by atoms with Crippen molar-refractivity contribution in [1.82, 2.24) is 0 Å². The first-order chi connectivity index (χ1) is 6.90. The molecule has 0 saturated carbocycles. The van der Waals surface area contributed by atoms with Crippen molar-refractivity contribution in [3.63, 3.8) is 0 Å². The van der Waals surface area contributed by atoms with Gasteiger partial charge in [-0.2, -0.15) is 5.26 Å². The lowest BCUT2D eigenvalue weighted by molar-refractivity contribution is 0.608. The molecule has 80 valence electrons. The van der Waals surface area contributed by atoms with Crippen LogP contribution in [-0.4, -0.2) is 8.42 Å². The normalized spacial score (nSPS) is 11.1. The minimum atomic E-state index is -3.78. The van der Waals surface area contributed by atoms with Gasteiger partial charge in [0.2, 0.25) is 0 Å². The first kappa shape index (κ1) is 12.7. The maximum Gasteiger partial charge on any atom is 0.261 e. The summed E-state index contributed by atoms with van der Waals surface area (Å²) in [6.45, 7) is 1.79. The second kappa shape index (κ2) is 4.68. The van der Waals surface area contributed by atoms with Crippen molar-refractivity contribution in [3.05, 3.63) is 26.8 Å². The topological polar surface area (TPSA) is 57.9 Å². The van der Waals surface area contributed by atoms with Crippen LogP contribution in [0, 0.1) is 14.9 Å². The minimum Gasteiger partial charge on any atom is -0.207 e. The number of nitriles is 1. The highest BCUT2D eigenvalue weighted by Crippen LogP contribution is 2.26. The van der Waals surface area contributed by atoms with E-state index in [-0.39, 0.29) is 4.90 Å². The average molecular weight is 356 g/mol. The third-order valence-corrected chi connectivity index (χ3v) is 3.92. The molecule has 1 rings (SSSR count).